The van der Waals surface area contributed by atoms with E-state index < -0.39 is 0 Å². The number of aromatic amines is 1. The van der Waals surface area contributed by atoms with Crippen molar-refractivity contribution in [1.82, 2.24) is 40.6 Å². The Balaban J connectivity index is 1.38. The number of nitrogens with zero attached hydrogens (tertiary/aromatic N) is 6. The van der Waals surface area contributed by atoms with Crippen molar-refractivity contribution >= 4 is 5.96 Å². The van der Waals surface area contributed by atoms with E-state index in [1.807, 2.05) is 35.9 Å². The Morgan fingerprint density at radius 3 is 2.84 bits per heavy atom. The molecule has 0 fully saturated rings. The molecule has 0 spiro atoms. The maximum atomic E-state index is 5.20. The first kappa shape index (κ1) is 21.8. The monoisotopic (exact) mass is 439 g/mol. The second kappa shape index (κ2) is 10.2. The van der Waals surface area contributed by atoms with Crippen molar-refractivity contribution < 1.29 is 9.47 Å². The second-order valence-corrected chi connectivity index (χ2v) is 7.47. The minimum atomic E-state index is 0.210. The van der Waals surface area contributed by atoms with Crippen LogP contribution in [0.15, 0.2) is 29.3 Å². The van der Waals surface area contributed by atoms with Gasteiger partial charge in [-0.1, -0.05) is 0 Å². The molecule has 32 heavy (non-hydrogen) atoms. The summed E-state index contributed by atoms with van der Waals surface area (Å²) in [7, 11) is 3.29. The van der Waals surface area contributed by atoms with Gasteiger partial charge >= 0.3 is 0 Å². The van der Waals surface area contributed by atoms with E-state index in [2.05, 4.69) is 40.9 Å². The average molecular weight is 440 g/mol. The number of nitrogens with one attached hydrogen (secondary N) is 3. The summed E-state index contributed by atoms with van der Waals surface area (Å²) in [6.07, 6.45) is 1.82. The maximum Gasteiger partial charge on any atom is 0.191 e. The van der Waals surface area contributed by atoms with Crippen molar-refractivity contribution in [3.05, 3.63) is 41.7 Å². The molecule has 0 bridgehead atoms. The second-order valence-electron chi connectivity index (χ2n) is 7.47. The molecule has 0 aliphatic carbocycles. The maximum absolute atomic E-state index is 5.20. The highest BCUT2D eigenvalue weighted by Crippen LogP contribution is 2.19. The van der Waals surface area contributed by atoms with Gasteiger partial charge in [0.15, 0.2) is 17.6 Å². The van der Waals surface area contributed by atoms with Crippen LogP contribution in [-0.4, -0.2) is 62.7 Å². The van der Waals surface area contributed by atoms with Crippen LogP contribution < -0.4 is 15.4 Å². The van der Waals surface area contributed by atoms with E-state index >= 15 is 0 Å². The van der Waals surface area contributed by atoms with Crippen LogP contribution in [0, 0.1) is 0 Å². The molecule has 0 saturated heterocycles. The van der Waals surface area contributed by atoms with Gasteiger partial charge in [0.25, 0.3) is 0 Å². The van der Waals surface area contributed by atoms with Gasteiger partial charge in [-0.2, -0.15) is 10.2 Å². The number of aliphatic imine (C=N–C) groups is 1. The lowest BCUT2D eigenvalue weighted by atomic mass is 10.1. The van der Waals surface area contributed by atoms with Gasteiger partial charge < -0.3 is 20.1 Å². The zero-order valence-electron chi connectivity index (χ0n) is 18.6. The number of aryl methyl sites for hydroxylation is 1. The summed E-state index contributed by atoms with van der Waals surface area (Å²) in [5, 5.41) is 18.6. The van der Waals surface area contributed by atoms with Crippen molar-refractivity contribution in [2.45, 2.75) is 45.5 Å². The lowest BCUT2D eigenvalue weighted by Crippen LogP contribution is -2.47. The Hall–Kier alpha value is -3.47. The van der Waals surface area contributed by atoms with E-state index in [0.717, 1.165) is 54.9 Å². The van der Waals surface area contributed by atoms with Crippen LogP contribution in [0.25, 0.3) is 11.4 Å². The van der Waals surface area contributed by atoms with E-state index in [4.69, 9.17) is 9.47 Å². The highest BCUT2D eigenvalue weighted by Gasteiger charge is 2.22. The third kappa shape index (κ3) is 5.22. The van der Waals surface area contributed by atoms with E-state index in [1.165, 1.54) is 0 Å². The SMILES string of the molecule is CCNC(=NCc1nc(-c2ccc(OC)cc2)n[nH]1)NC1CCc2nc(COC)nn2C1. The van der Waals surface area contributed by atoms with Crippen molar-refractivity contribution in [3.8, 4) is 17.1 Å². The van der Waals surface area contributed by atoms with Crippen LogP contribution >= 0.6 is 0 Å². The molecule has 1 aromatic carbocycles. The van der Waals surface area contributed by atoms with Crippen molar-refractivity contribution in [2.75, 3.05) is 20.8 Å². The molecule has 0 radical (unpaired) electrons. The number of guanidine groups is 1. The lowest BCUT2D eigenvalue weighted by molar-refractivity contribution is 0.177. The van der Waals surface area contributed by atoms with Gasteiger partial charge in [-0.3, -0.25) is 5.10 Å². The van der Waals surface area contributed by atoms with E-state index in [1.54, 1.807) is 14.2 Å². The Morgan fingerprint density at radius 1 is 1.25 bits per heavy atom. The molecule has 0 saturated carbocycles. The number of fused-ring (bicyclic) bond motifs is 1. The Labute approximate surface area is 186 Å². The topological polar surface area (TPSA) is 127 Å². The molecule has 1 aliphatic heterocycles. The number of ether oxygens (including phenoxy) is 2. The molecule has 2 aromatic heterocycles. The van der Waals surface area contributed by atoms with Gasteiger partial charge in [0, 0.05) is 31.7 Å². The molecule has 1 unspecified atom stereocenters. The highest BCUT2D eigenvalue weighted by atomic mass is 16.5. The normalized spacial score (nSPS) is 16.0. The molecule has 3 heterocycles. The molecule has 11 heteroatoms. The molecule has 3 aromatic rings. The fourth-order valence-electron chi connectivity index (χ4n) is 3.57. The van der Waals surface area contributed by atoms with Crippen LogP contribution in [0.2, 0.25) is 0 Å². The van der Waals surface area contributed by atoms with Gasteiger partial charge in [0.1, 0.15) is 30.5 Å². The average Bonchev–Trinajstić information content (AvgIpc) is 3.44. The van der Waals surface area contributed by atoms with E-state index in [9.17, 15) is 0 Å². The van der Waals surface area contributed by atoms with Gasteiger partial charge in [0.2, 0.25) is 0 Å². The Bertz CT molecular complexity index is 1040. The van der Waals surface area contributed by atoms with Crippen molar-refractivity contribution in [3.63, 3.8) is 0 Å². The number of hydrogen-bond donors (Lipinski definition) is 3. The lowest BCUT2D eigenvalue weighted by Gasteiger charge is -2.25. The van der Waals surface area contributed by atoms with E-state index in [0.29, 0.717) is 24.8 Å². The smallest absolute Gasteiger partial charge is 0.191 e. The summed E-state index contributed by atoms with van der Waals surface area (Å²) in [4.78, 5) is 13.8. The minimum Gasteiger partial charge on any atom is -0.497 e. The molecule has 3 N–H and O–H groups in total. The Kier molecular flexibility index (Phi) is 6.95. The van der Waals surface area contributed by atoms with Gasteiger partial charge in [-0.15, -0.1) is 0 Å². The number of aromatic nitrogens is 6. The van der Waals surface area contributed by atoms with Gasteiger partial charge in [0.05, 0.1) is 13.7 Å². The summed E-state index contributed by atoms with van der Waals surface area (Å²) in [5.41, 5.74) is 0.918. The van der Waals surface area contributed by atoms with Crippen LogP contribution in [-0.2, 0) is 30.9 Å². The van der Waals surface area contributed by atoms with Crippen molar-refractivity contribution in [1.29, 1.82) is 0 Å². The number of methoxy groups -OCH3 is 2. The minimum absolute atomic E-state index is 0.210. The number of H-pyrrole nitrogens is 1. The quantitative estimate of drug-likeness (QED) is 0.354. The fourth-order valence-corrected chi connectivity index (χ4v) is 3.57. The van der Waals surface area contributed by atoms with E-state index in [-0.39, 0.29) is 6.04 Å². The van der Waals surface area contributed by atoms with Crippen molar-refractivity contribution in [2.24, 2.45) is 4.99 Å². The summed E-state index contributed by atoms with van der Waals surface area (Å²) >= 11 is 0. The summed E-state index contributed by atoms with van der Waals surface area (Å²) < 4.78 is 12.3. The highest BCUT2D eigenvalue weighted by molar-refractivity contribution is 5.80. The zero-order valence-corrected chi connectivity index (χ0v) is 18.6. The molecule has 4 rings (SSSR count). The van der Waals surface area contributed by atoms with Crippen LogP contribution in [0.1, 0.15) is 30.8 Å². The molecule has 170 valence electrons. The van der Waals surface area contributed by atoms with Gasteiger partial charge in [-0.05, 0) is 37.6 Å². The predicted octanol–water partition coefficient (Wildman–Crippen LogP) is 1.29. The first-order chi connectivity index (χ1) is 15.7. The number of rotatable bonds is 8. The summed E-state index contributed by atoms with van der Waals surface area (Å²) in [6.45, 7) is 4.36. The molecule has 1 atom stereocenters. The summed E-state index contributed by atoms with van der Waals surface area (Å²) in [6, 6.07) is 7.85. The molecule has 11 nitrogen and oxygen atoms in total. The first-order valence-electron chi connectivity index (χ1n) is 10.7. The molecular formula is C21H29N9O2. The number of hydrogen-bond acceptors (Lipinski definition) is 7. The Morgan fingerprint density at radius 2 is 2.09 bits per heavy atom. The fraction of sp³-hybridized carbons (Fsp3) is 0.476. The third-order valence-electron chi connectivity index (χ3n) is 5.13. The van der Waals surface area contributed by atoms with Gasteiger partial charge in [-0.25, -0.2) is 19.6 Å². The van der Waals surface area contributed by atoms with Crippen LogP contribution in [0.3, 0.4) is 0 Å². The van der Waals surface area contributed by atoms with Crippen LogP contribution in [0.4, 0.5) is 0 Å². The first-order valence-corrected chi connectivity index (χ1v) is 10.7. The predicted molar refractivity (Wildman–Crippen MR) is 119 cm³/mol. The molecular weight excluding hydrogens is 410 g/mol. The molecule has 1 aliphatic rings. The van der Waals surface area contributed by atoms with Crippen LogP contribution in [0.5, 0.6) is 5.75 Å². The molecule has 0 amide bonds. The summed E-state index contributed by atoms with van der Waals surface area (Å²) in [5.74, 6) is 4.59. The standard InChI is InChI=1S/C21H29N9O2/c1-4-22-21(24-15-7-10-19-25-18(13-31-2)29-30(19)12-15)23-11-17-26-20(28-27-17)14-5-8-16(32-3)9-6-14/h5-6,8-9,15H,4,7,10-13H2,1-3H3,(H2,22,23,24)(H,26,27,28). The third-order valence-corrected chi connectivity index (χ3v) is 5.13. The number of benzene rings is 1. The zero-order chi connectivity index (χ0) is 22.3. The largest absolute Gasteiger partial charge is 0.497 e.